The summed E-state index contributed by atoms with van der Waals surface area (Å²) in [6.45, 7) is 5.59. The van der Waals surface area contributed by atoms with Gasteiger partial charge in [0.05, 0.1) is 6.54 Å². The van der Waals surface area contributed by atoms with Gasteiger partial charge in [0.1, 0.15) is 6.54 Å². The first kappa shape index (κ1) is 14.8. The molecule has 0 bridgehead atoms. The second-order valence-electron chi connectivity index (χ2n) is 5.69. The lowest BCUT2D eigenvalue weighted by atomic mass is 10.2. The number of hydrogen-bond donors (Lipinski definition) is 2. The molecule has 1 aliphatic carbocycles. The third-order valence-corrected chi connectivity index (χ3v) is 2.99. The fourth-order valence-electron chi connectivity index (χ4n) is 1.65. The highest BCUT2D eigenvalue weighted by molar-refractivity contribution is 5.80. The van der Waals surface area contributed by atoms with Gasteiger partial charge in [0.2, 0.25) is 11.8 Å². The first-order valence-corrected chi connectivity index (χ1v) is 7.08. The van der Waals surface area contributed by atoms with Crippen molar-refractivity contribution in [1.82, 2.24) is 20.8 Å². The van der Waals surface area contributed by atoms with Gasteiger partial charge in [0.15, 0.2) is 0 Å². The molecular formula is C13H23N5O2. The number of amides is 1. The van der Waals surface area contributed by atoms with Crippen LogP contribution in [0.5, 0.6) is 0 Å². The molecule has 112 valence electrons. The number of anilines is 1. The third-order valence-electron chi connectivity index (χ3n) is 2.99. The van der Waals surface area contributed by atoms with Crippen molar-refractivity contribution in [2.24, 2.45) is 5.92 Å². The van der Waals surface area contributed by atoms with E-state index in [1.54, 1.807) is 11.9 Å². The molecule has 0 aliphatic heterocycles. The predicted molar refractivity (Wildman–Crippen MR) is 75.3 cm³/mol. The normalized spacial score (nSPS) is 14.6. The average Bonchev–Trinajstić information content (AvgIpc) is 3.10. The van der Waals surface area contributed by atoms with E-state index < -0.39 is 0 Å². The maximum absolute atomic E-state index is 11.7. The van der Waals surface area contributed by atoms with Gasteiger partial charge < -0.3 is 20.0 Å². The molecule has 0 unspecified atom stereocenters. The molecule has 1 aromatic rings. The Hall–Kier alpha value is -1.63. The molecule has 2 N–H and O–H groups in total. The van der Waals surface area contributed by atoms with Crippen LogP contribution in [0.4, 0.5) is 6.01 Å². The maximum Gasteiger partial charge on any atom is 0.318 e. The first-order chi connectivity index (χ1) is 9.54. The minimum Gasteiger partial charge on any atom is -0.407 e. The van der Waals surface area contributed by atoms with Crippen molar-refractivity contribution >= 4 is 11.9 Å². The minimum absolute atomic E-state index is 0.0444. The molecule has 7 heteroatoms. The molecule has 0 spiro atoms. The van der Waals surface area contributed by atoms with Crippen LogP contribution in [-0.4, -0.2) is 42.3 Å². The van der Waals surface area contributed by atoms with Gasteiger partial charge in [-0.05, 0) is 18.8 Å². The Morgan fingerprint density at radius 2 is 2.20 bits per heavy atom. The van der Waals surface area contributed by atoms with Crippen molar-refractivity contribution in [2.75, 3.05) is 25.0 Å². The zero-order chi connectivity index (χ0) is 14.5. The largest absolute Gasteiger partial charge is 0.407 e. The van der Waals surface area contributed by atoms with E-state index >= 15 is 0 Å². The molecular weight excluding hydrogens is 258 g/mol. The number of likely N-dealkylation sites (N-methyl/N-ethyl adjacent to an activating group) is 1. The molecule has 2 rings (SSSR count). The number of carbonyl (C=O) groups is 1. The zero-order valence-electron chi connectivity index (χ0n) is 12.3. The van der Waals surface area contributed by atoms with Gasteiger partial charge in [-0.25, -0.2) is 0 Å². The fourth-order valence-corrected chi connectivity index (χ4v) is 1.65. The lowest BCUT2D eigenvalue weighted by Gasteiger charge is -2.14. The van der Waals surface area contributed by atoms with Crippen LogP contribution >= 0.6 is 0 Å². The Labute approximate surface area is 119 Å². The number of nitrogens with zero attached hydrogens (tertiary/aromatic N) is 3. The van der Waals surface area contributed by atoms with Crippen molar-refractivity contribution in [3.05, 3.63) is 5.89 Å². The predicted octanol–water partition coefficient (Wildman–Crippen LogP) is 0.530. The monoisotopic (exact) mass is 281 g/mol. The van der Waals surface area contributed by atoms with Crippen LogP contribution in [0.15, 0.2) is 4.42 Å². The van der Waals surface area contributed by atoms with Crippen LogP contribution in [0.3, 0.4) is 0 Å². The topological polar surface area (TPSA) is 83.3 Å². The summed E-state index contributed by atoms with van der Waals surface area (Å²) in [7, 11) is 1.76. The second kappa shape index (κ2) is 6.69. The third kappa shape index (κ3) is 4.80. The average molecular weight is 281 g/mol. The van der Waals surface area contributed by atoms with Crippen molar-refractivity contribution in [1.29, 1.82) is 0 Å². The summed E-state index contributed by atoms with van der Waals surface area (Å²) in [4.78, 5) is 13.4. The van der Waals surface area contributed by atoms with E-state index in [4.69, 9.17) is 4.42 Å². The molecule has 20 heavy (non-hydrogen) atoms. The number of rotatable bonds is 8. The molecule has 0 radical (unpaired) electrons. The quantitative estimate of drug-likeness (QED) is 0.723. The van der Waals surface area contributed by atoms with E-state index in [1.807, 2.05) is 0 Å². The van der Waals surface area contributed by atoms with Crippen LogP contribution in [0.25, 0.3) is 0 Å². The molecule has 1 saturated carbocycles. The van der Waals surface area contributed by atoms with E-state index in [0.717, 1.165) is 0 Å². The number of aromatic nitrogens is 2. The number of carbonyl (C=O) groups excluding carboxylic acids is 1. The number of nitrogens with one attached hydrogen (secondary N) is 2. The molecule has 1 aromatic heterocycles. The lowest BCUT2D eigenvalue weighted by Crippen LogP contribution is -2.37. The number of hydrogen-bond acceptors (Lipinski definition) is 6. The van der Waals surface area contributed by atoms with E-state index in [2.05, 4.69) is 34.7 Å². The van der Waals surface area contributed by atoms with Crippen LogP contribution in [0.1, 0.15) is 32.6 Å². The highest BCUT2D eigenvalue weighted by Crippen LogP contribution is 2.19. The molecule has 1 aliphatic rings. The van der Waals surface area contributed by atoms with Crippen molar-refractivity contribution in [3.63, 3.8) is 0 Å². The summed E-state index contributed by atoms with van der Waals surface area (Å²) in [5.41, 5.74) is 0. The second-order valence-corrected chi connectivity index (χ2v) is 5.69. The van der Waals surface area contributed by atoms with Crippen LogP contribution < -0.4 is 15.5 Å². The summed E-state index contributed by atoms with van der Waals surface area (Å²) >= 11 is 0. The Kier molecular flexibility index (Phi) is 4.94. The lowest BCUT2D eigenvalue weighted by molar-refractivity contribution is -0.119. The summed E-state index contributed by atoms with van der Waals surface area (Å²) in [6, 6.07) is 0.974. The van der Waals surface area contributed by atoms with Crippen molar-refractivity contribution in [3.8, 4) is 0 Å². The Morgan fingerprint density at radius 3 is 2.85 bits per heavy atom. The van der Waals surface area contributed by atoms with Crippen LogP contribution in [0.2, 0.25) is 0 Å². The van der Waals surface area contributed by atoms with Gasteiger partial charge in [-0.2, -0.15) is 0 Å². The van der Waals surface area contributed by atoms with Crippen molar-refractivity contribution < 1.29 is 9.21 Å². The molecule has 1 amide bonds. The first-order valence-electron chi connectivity index (χ1n) is 7.08. The van der Waals surface area contributed by atoms with E-state index in [-0.39, 0.29) is 12.5 Å². The van der Waals surface area contributed by atoms with E-state index in [0.29, 0.717) is 37.0 Å². The van der Waals surface area contributed by atoms with Crippen molar-refractivity contribution in [2.45, 2.75) is 39.3 Å². The van der Waals surface area contributed by atoms with Crippen LogP contribution in [0, 0.1) is 5.92 Å². The zero-order valence-corrected chi connectivity index (χ0v) is 12.3. The smallest absolute Gasteiger partial charge is 0.318 e. The summed E-state index contributed by atoms with van der Waals surface area (Å²) in [5.74, 6) is 0.950. The van der Waals surface area contributed by atoms with Gasteiger partial charge in [-0.15, -0.1) is 5.10 Å². The molecule has 0 saturated heterocycles. The van der Waals surface area contributed by atoms with Gasteiger partial charge in [-0.1, -0.05) is 18.9 Å². The summed E-state index contributed by atoms with van der Waals surface area (Å²) in [6.07, 6.45) is 2.44. The molecule has 7 nitrogen and oxygen atoms in total. The SMILES string of the molecule is CC(C)CNC(=O)CN(C)c1nnc(CNC2CC2)o1. The molecule has 1 heterocycles. The maximum atomic E-state index is 11.7. The van der Waals surface area contributed by atoms with Gasteiger partial charge in [-0.3, -0.25) is 4.79 Å². The summed E-state index contributed by atoms with van der Waals surface area (Å²) in [5, 5.41) is 14.1. The summed E-state index contributed by atoms with van der Waals surface area (Å²) < 4.78 is 5.51. The van der Waals surface area contributed by atoms with E-state index in [1.165, 1.54) is 12.8 Å². The highest BCUT2D eigenvalue weighted by Gasteiger charge is 2.21. The Bertz CT molecular complexity index is 442. The highest BCUT2D eigenvalue weighted by atomic mass is 16.4. The van der Waals surface area contributed by atoms with Gasteiger partial charge in [0.25, 0.3) is 0 Å². The van der Waals surface area contributed by atoms with Gasteiger partial charge in [0, 0.05) is 19.6 Å². The molecule has 0 aromatic carbocycles. The van der Waals surface area contributed by atoms with E-state index in [9.17, 15) is 4.79 Å². The molecule has 1 fully saturated rings. The standard InChI is InChI=1S/C13H23N5O2/c1-9(2)6-15-11(19)8-18(3)13-17-16-12(20-13)7-14-10-4-5-10/h9-10,14H,4-8H2,1-3H3,(H,15,19). The minimum atomic E-state index is -0.0444. The van der Waals surface area contributed by atoms with Crippen LogP contribution in [-0.2, 0) is 11.3 Å². The fraction of sp³-hybridized carbons (Fsp3) is 0.769. The molecule has 0 atom stereocenters. The van der Waals surface area contributed by atoms with Gasteiger partial charge >= 0.3 is 6.01 Å². The Morgan fingerprint density at radius 1 is 1.45 bits per heavy atom. The Balaban J connectivity index is 1.76.